The molecule has 0 unspecified atom stereocenters. The zero-order valence-corrected chi connectivity index (χ0v) is 9.47. The molecular formula is C11H7N2OSe. The van der Waals surface area contributed by atoms with Crippen LogP contribution in [0.5, 0.6) is 0 Å². The van der Waals surface area contributed by atoms with Gasteiger partial charge in [-0.1, -0.05) is 0 Å². The number of nitrogens with zero attached hydrogens (tertiary/aromatic N) is 2. The molecule has 0 fully saturated rings. The number of carbonyl (C=O) groups is 1. The fourth-order valence-electron chi connectivity index (χ4n) is 1.29. The van der Waals surface area contributed by atoms with Gasteiger partial charge in [0.15, 0.2) is 0 Å². The monoisotopic (exact) mass is 263 g/mol. The van der Waals surface area contributed by atoms with Crippen LogP contribution in [0.25, 0.3) is 11.4 Å². The van der Waals surface area contributed by atoms with Gasteiger partial charge in [0.05, 0.1) is 0 Å². The molecule has 0 bridgehead atoms. The molecule has 0 aliphatic heterocycles. The number of hydrogen-bond donors (Lipinski definition) is 0. The van der Waals surface area contributed by atoms with Gasteiger partial charge in [0.25, 0.3) is 0 Å². The van der Waals surface area contributed by atoms with Crippen LogP contribution in [0.4, 0.5) is 0 Å². The van der Waals surface area contributed by atoms with Gasteiger partial charge < -0.3 is 0 Å². The first-order valence-electron chi connectivity index (χ1n) is 4.37. The van der Waals surface area contributed by atoms with E-state index in [0.717, 1.165) is 5.56 Å². The number of benzene rings is 1. The Balaban J connectivity index is 2.58. The van der Waals surface area contributed by atoms with Crippen molar-refractivity contribution in [3.05, 3.63) is 48.3 Å². The van der Waals surface area contributed by atoms with Crippen molar-refractivity contribution in [1.29, 1.82) is 0 Å². The van der Waals surface area contributed by atoms with E-state index >= 15 is 0 Å². The van der Waals surface area contributed by atoms with Crippen LogP contribution in [-0.2, 0) is 0 Å². The summed E-state index contributed by atoms with van der Waals surface area (Å²) < 4.78 is -0.0990. The second-order valence-corrected chi connectivity index (χ2v) is 3.68. The van der Waals surface area contributed by atoms with Gasteiger partial charge in [-0.05, 0) is 0 Å². The molecule has 1 heterocycles. The maximum atomic E-state index is 11.3. The Hall–Kier alpha value is -1.51. The molecule has 4 heteroatoms. The summed E-state index contributed by atoms with van der Waals surface area (Å²) in [6.45, 7) is 0. The predicted molar refractivity (Wildman–Crippen MR) is 57.6 cm³/mol. The van der Waals surface area contributed by atoms with Crippen molar-refractivity contribution in [2.45, 2.75) is 0 Å². The average Bonchev–Trinajstić information content (AvgIpc) is 2.30. The third-order valence-corrected chi connectivity index (χ3v) is 2.42. The number of aromatic nitrogens is 2. The van der Waals surface area contributed by atoms with Gasteiger partial charge >= 0.3 is 95.1 Å². The molecule has 2 rings (SSSR count). The van der Waals surface area contributed by atoms with E-state index in [1.165, 1.54) is 0 Å². The minimum atomic E-state index is -0.0990. The van der Waals surface area contributed by atoms with Crippen molar-refractivity contribution in [2.75, 3.05) is 0 Å². The van der Waals surface area contributed by atoms with E-state index in [0.29, 0.717) is 11.4 Å². The Morgan fingerprint density at radius 3 is 2.40 bits per heavy atom. The molecule has 1 aromatic carbocycles. The normalized spacial score (nSPS) is 9.87. The summed E-state index contributed by atoms with van der Waals surface area (Å²) in [4.78, 5) is 19.6. The first-order chi connectivity index (χ1) is 7.29. The van der Waals surface area contributed by atoms with Crippen molar-refractivity contribution in [2.24, 2.45) is 0 Å². The van der Waals surface area contributed by atoms with Crippen LogP contribution < -0.4 is 0 Å². The molecular weight excluding hydrogens is 255 g/mol. The second-order valence-electron chi connectivity index (χ2n) is 2.91. The van der Waals surface area contributed by atoms with Crippen LogP contribution >= 0.6 is 0 Å². The van der Waals surface area contributed by atoms with E-state index in [9.17, 15) is 4.79 Å². The molecule has 1 aromatic heterocycles. The average molecular weight is 262 g/mol. The SMILES string of the molecule is O=C([Se])c1ccccc1-c1ncccn1. The Labute approximate surface area is 95.4 Å². The van der Waals surface area contributed by atoms with Crippen molar-refractivity contribution < 1.29 is 4.79 Å². The van der Waals surface area contributed by atoms with E-state index in [-0.39, 0.29) is 4.68 Å². The Morgan fingerprint density at radius 2 is 1.73 bits per heavy atom. The fraction of sp³-hybridized carbons (Fsp3) is 0. The zero-order valence-electron chi connectivity index (χ0n) is 7.75. The van der Waals surface area contributed by atoms with Gasteiger partial charge in [0, 0.05) is 0 Å². The summed E-state index contributed by atoms with van der Waals surface area (Å²) in [6.07, 6.45) is 3.31. The fourth-order valence-corrected chi connectivity index (χ4v) is 1.67. The second kappa shape index (κ2) is 4.34. The van der Waals surface area contributed by atoms with Crippen molar-refractivity contribution in [3.63, 3.8) is 0 Å². The quantitative estimate of drug-likeness (QED) is 0.769. The number of carbonyl (C=O) groups excluding carboxylic acids is 1. The van der Waals surface area contributed by atoms with Gasteiger partial charge in [-0.2, -0.15) is 0 Å². The van der Waals surface area contributed by atoms with E-state index in [1.54, 1.807) is 24.5 Å². The molecule has 0 aliphatic rings. The molecule has 15 heavy (non-hydrogen) atoms. The number of hydrogen-bond acceptors (Lipinski definition) is 3. The van der Waals surface area contributed by atoms with Gasteiger partial charge in [-0.3, -0.25) is 0 Å². The molecule has 0 aliphatic carbocycles. The van der Waals surface area contributed by atoms with Crippen molar-refractivity contribution in [1.82, 2.24) is 9.97 Å². The first kappa shape index (κ1) is 10.0. The third kappa shape index (κ3) is 2.12. The molecule has 0 saturated carbocycles. The first-order valence-corrected chi connectivity index (χ1v) is 5.22. The van der Waals surface area contributed by atoms with Crippen LogP contribution in [0.1, 0.15) is 10.4 Å². The minimum absolute atomic E-state index is 0.0990. The van der Waals surface area contributed by atoms with Crippen LogP contribution in [0.3, 0.4) is 0 Å². The summed E-state index contributed by atoms with van der Waals surface area (Å²) in [5.41, 5.74) is 1.35. The molecule has 0 atom stereocenters. The molecule has 0 amide bonds. The van der Waals surface area contributed by atoms with Gasteiger partial charge in [0.1, 0.15) is 0 Å². The number of rotatable bonds is 2. The van der Waals surface area contributed by atoms with Gasteiger partial charge in [0.2, 0.25) is 0 Å². The zero-order chi connectivity index (χ0) is 10.7. The summed E-state index contributed by atoms with van der Waals surface area (Å²) >= 11 is 2.47. The maximum absolute atomic E-state index is 11.3. The molecule has 2 aromatic rings. The van der Waals surface area contributed by atoms with Crippen molar-refractivity contribution >= 4 is 20.7 Å². The molecule has 0 N–H and O–H groups in total. The van der Waals surface area contributed by atoms with Gasteiger partial charge in [-0.15, -0.1) is 0 Å². The molecule has 1 radical (unpaired) electrons. The van der Waals surface area contributed by atoms with Gasteiger partial charge in [-0.25, -0.2) is 0 Å². The standard InChI is InChI=1S/C11H7N2OSe/c14-11(15)9-5-2-1-4-8(9)10-12-6-3-7-13-10/h1-7H. The molecule has 73 valence electrons. The third-order valence-electron chi connectivity index (χ3n) is 1.95. The van der Waals surface area contributed by atoms with Crippen LogP contribution in [0.15, 0.2) is 42.7 Å². The Morgan fingerprint density at radius 1 is 1.07 bits per heavy atom. The van der Waals surface area contributed by atoms with E-state index in [1.807, 2.05) is 18.2 Å². The van der Waals surface area contributed by atoms with E-state index < -0.39 is 0 Å². The van der Waals surface area contributed by atoms with E-state index in [4.69, 9.17) is 0 Å². The molecule has 0 saturated heterocycles. The summed E-state index contributed by atoms with van der Waals surface area (Å²) in [5, 5.41) is 0. The molecule has 0 spiro atoms. The van der Waals surface area contributed by atoms with Crippen LogP contribution in [0, 0.1) is 0 Å². The Kier molecular flexibility index (Phi) is 2.90. The van der Waals surface area contributed by atoms with Crippen LogP contribution in [0.2, 0.25) is 0 Å². The summed E-state index contributed by atoms with van der Waals surface area (Å²) in [5.74, 6) is 0.566. The van der Waals surface area contributed by atoms with Crippen molar-refractivity contribution in [3.8, 4) is 11.4 Å². The van der Waals surface area contributed by atoms with E-state index in [2.05, 4.69) is 26.0 Å². The summed E-state index contributed by atoms with van der Waals surface area (Å²) in [7, 11) is 0. The predicted octanol–water partition coefficient (Wildman–Crippen LogP) is 1.45. The van der Waals surface area contributed by atoms with Crippen LogP contribution in [-0.4, -0.2) is 30.7 Å². The molecule has 3 nitrogen and oxygen atoms in total. The Bertz CT molecular complexity index is 485. The topological polar surface area (TPSA) is 42.9 Å². The summed E-state index contributed by atoms with van der Waals surface area (Å²) in [6, 6.07) is 9.01.